The normalized spacial score (nSPS) is 25.4. The molecule has 1 N–H and O–H groups in total. The third kappa shape index (κ3) is 2.35. The number of nitrogens with zero attached hydrogens (tertiary/aromatic N) is 2. The molecule has 1 fully saturated rings. The molecule has 1 aliphatic heterocycles. The molecule has 1 aliphatic rings. The summed E-state index contributed by atoms with van der Waals surface area (Å²) in [4.78, 5) is 4.51. The van der Waals surface area contributed by atoms with Crippen LogP contribution in [0.25, 0.3) is 0 Å². The second-order valence-electron chi connectivity index (χ2n) is 5.35. The average Bonchev–Trinajstić information content (AvgIpc) is 2.86. The molecule has 2 rings (SSSR count). The summed E-state index contributed by atoms with van der Waals surface area (Å²) in [5.74, 6) is 1.34. The number of nitrogens with one attached hydrogen (secondary N) is 1. The van der Waals surface area contributed by atoms with E-state index in [4.69, 9.17) is 9.26 Å². The zero-order chi connectivity index (χ0) is 12.5. The van der Waals surface area contributed by atoms with Gasteiger partial charge in [0.15, 0.2) is 0 Å². The molecule has 1 atom stereocenters. The van der Waals surface area contributed by atoms with Gasteiger partial charge in [0.1, 0.15) is 5.60 Å². The lowest BCUT2D eigenvalue weighted by atomic mass is 9.90. The Balaban J connectivity index is 2.21. The maximum atomic E-state index is 5.62. The fraction of sp³-hybridized carbons (Fsp3) is 0.833. The summed E-state index contributed by atoms with van der Waals surface area (Å²) in [5, 5.41) is 7.38. The molecule has 0 amide bonds. The van der Waals surface area contributed by atoms with Crippen molar-refractivity contribution in [2.24, 2.45) is 0 Å². The second kappa shape index (κ2) is 4.38. The molecule has 5 heteroatoms. The molecular formula is C12H21N3O2. The van der Waals surface area contributed by atoms with Gasteiger partial charge in [-0.2, -0.15) is 4.98 Å². The van der Waals surface area contributed by atoms with Crippen LogP contribution in [0, 0.1) is 0 Å². The van der Waals surface area contributed by atoms with Crippen molar-refractivity contribution < 1.29 is 9.26 Å². The lowest BCUT2D eigenvalue weighted by molar-refractivity contribution is -0.0221. The van der Waals surface area contributed by atoms with Crippen molar-refractivity contribution in [3.05, 3.63) is 11.7 Å². The van der Waals surface area contributed by atoms with Crippen molar-refractivity contribution in [1.29, 1.82) is 0 Å². The van der Waals surface area contributed by atoms with Gasteiger partial charge in [0.05, 0.1) is 5.41 Å². The lowest BCUT2D eigenvalue weighted by Gasteiger charge is -2.20. The highest BCUT2D eigenvalue weighted by Gasteiger charge is 2.38. The van der Waals surface area contributed by atoms with E-state index in [0.29, 0.717) is 18.3 Å². The van der Waals surface area contributed by atoms with Crippen LogP contribution >= 0.6 is 0 Å². The SMILES string of the molecule is CCOC(C)(C)c1noc(C2(C)CCNC2)n1. The van der Waals surface area contributed by atoms with Gasteiger partial charge in [0, 0.05) is 13.2 Å². The third-order valence-electron chi connectivity index (χ3n) is 3.35. The van der Waals surface area contributed by atoms with E-state index < -0.39 is 5.60 Å². The first-order valence-electron chi connectivity index (χ1n) is 6.17. The minimum absolute atomic E-state index is 0.0342. The van der Waals surface area contributed by atoms with Gasteiger partial charge in [-0.3, -0.25) is 0 Å². The highest BCUT2D eigenvalue weighted by atomic mass is 16.5. The number of ether oxygens (including phenoxy) is 1. The molecule has 0 aliphatic carbocycles. The van der Waals surface area contributed by atoms with Gasteiger partial charge < -0.3 is 14.6 Å². The standard InChI is InChI=1S/C12H21N3O2/c1-5-16-11(2,3)9-14-10(17-15-9)12(4)6-7-13-8-12/h13H,5-8H2,1-4H3. The van der Waals surface area contributed by atoms with Crippen molar-refractivity contribution in [3.8, 4) is 0 Å². The summed E-state index contributed by atoms with van der Waals surface area (Å²) in [6.07, 6.45) is 1.03. The number of hydrogen-bond donors (Lipinski definition) is 1. The van der Waals surface area contributed by atoms with E-state index in [-0.39, 0.29) is 5.41 Å². The van der Waals surface area contributed by atoms with Gasteiger partial charge in [-0.1, -0.05) is 5.16 Å². The summed E-state index contributed by atoms with van der Waals surface area (Å²) in [7, 11) is 0. The van der Waals surface area contributed by atoms with Crippen molar-refractivity contribution in [2.75, 3.05) is 19.7 Å². The Morgan fingerprint density at radius 2 is 2.29 bits per heavy atom. The van der Waals surface area contributed by atoms with Crippen LogP contribution in [-0.2, 0) is 15.8 Å². The van der Waals surface area contributed by atoms with Crippen LogP contribution in [-0.4, -0.2) is 29.8 Å². The Morgan fingerprint density at radius 1 is 1.53 bits per heavy atom. The van der Waals surface area contributed by atoms with E-state index in [9.17, 15) is 0 Å². The Morgan fingerprint density at radius 3 is 2.88 bits per heavy atom. The van der Waals surface area contributed by atoms with Gasteiger partial charge in [-0.05, 0) is 40.7 Å². The van der Waals surface area contributed by atoms with Crippen LogP contribution in [0.2, 0.25) is 0 Å². The maximum Gasteiger partial charge on any atom is 0.234 e. The lowest BCUT2D eigenvalue weighted by Crippen LogP contribution is -2.27. The fourth-order valence-electron chi connectivity index (χ4n) is 2.14. The largest absolute Gasteiger partial charge is 0.368 e. The molecule has 17 heavy (non-hydrogen) atoms. The van der Waals surface area contributed by atoms with E-state index >= 15 is 0 Å². The minimum atomic E-state index is -0.487. The fourth-order valence-corrected chi connectivity index (χ4v) is 2.14. The van der Waals surface area contributed by atoms with Gasteiger partial charge in [0.25, 0.3) is 0 Å². The molecule has 2 heterocycles. The molecule has 1 aromatic heterocycles. The van der Waals surface area contributed by atoms with E-state index in [2.05, 4.69) is 22.4 Å². The first-order chi connectivity index (χ1) is 7.98. The molecule has 96 valence electrons. The van der Waals surface area contributed by atoms with Gasteiger partial charge in [-0.15, -0.1) is 0 Å². The maximum absolute atomic E-state index is 5.62. The highest BCUT2D eigenvalue weighted by molar-refractivity contribution is 5.09. The second-order valence-corrected chi connectivity index (χ2v) is 5.35. The number of rotatable bonds is 4. The van der Waals surface area contributed by atoms with E-state index in [1.54, 1.807) is 0 Å². The zero-order valence-corrected chi connectivity index (χ0v) is 11.0. The number of hydrogen-bond acceptors (Lipinski definition) is 5. The molecule has 0 bridgehead atoms. The Labute approximate surface area is 102 Å². The van der Waals surface area contributed by atoms with Gasteiger partial charge >= 0.3 is 0 Å². The Hall–Kier alpha value is -0.940. The predicted molar refractivity (Wildman–Crippen MR) is 63.8 cm³/mol. The summed E-state index contributed by atoms with van der Waals surface area (Å²) in [5.41, 5.74) is -0.521. The smallest absolute Gasteiger partial charge is 0.234 e. The van der Waals surface area contributed by atoms with E-state index in [1.807, 2.05) is 20.8 Å². The van der Waals surface area contributed by atoms with Crippen LogP contribution in [0.4, 0.5) is 0 Å². The molecule has 5 nitrogen and oxygen atoms in total. The van der Waals surface area contributed by atoms with Crippen molar-refractivity contribution in [1.82, 2.24) is 15.5 Å². The summed E-state index contributed by atoms with van der Waals surface area (Å²) >= 11 is 0. The molecule has 0 saturated carbocycles. The molecule has 0 spiro atoms. The van der Waals surface area contributed by atoms with Crippen LogP contribution in [0.3, 0.4) is 0 Å². The summed E-state index contributed by atoms with van der Waals surface area (Å²) in [6.45, 7) is 10.6. The quantitative estimate of drug-likeness (QED) is 0.864. The summed E-state index contributed by atoms with van der Waals surface area (Å²) < 4.78 is 11.0. The van der Waals surface area contributed by atoms with E-state index in [1.165, 1.54) is 0 Å². The molecule has 0 aromatic carbocycles. The molecule has 1 unspecified atom stereocenters. The Bertz CT molecular complexity index is 381. The van der Waals surface area contributed by atoms with Gasteiger partial charge in [0.2, 0.25) is 11.7 Å². The third-order valence-corrected chi connectivity index (χ3v) is 3.35. The first kappa shape index (κ1) is 12.5. The van der Waals surface area contributed by atoms with Crippen molar-refractivity contribution >= 4 is 0 Å². The average molecular weight is 239 g/mol. The summed E-state index contributed by atoms with van der Waals surface area (Å²) in [6, 6.07) is 0. The van der Waals surface area contributed by atoms with Crippen molar-refractivity contribution in [3.63, 3.8) is 0 Å². The molecule has 1 saturated heterocycles. The zero-order valence-electron chi connectivity index (χ0n) is 11.0. The predicted octanol–water partition coefficient (Wildman–Crippen LogP) is 1.59. The van der Waals surface area contributed by atoms with Crippen LogP contribution in [0.5, 0.6) is 0 Å². The van der Waals surface area contributed by atoms with Crippen LogP contribution in [0.15, 0.2) is 4.52 Å². The monoisotopic (exact) mass is 239 g/mol. The topological polar surface area (TPSA) is 60.2 Å². The number of aromatic nitrogens is 2. The highest BCUT2D eigenvalue weighted by Crippen LogP contribution is 2.30. The van der Waals surface area contributed by atoms with E-state index in [0.717, 1.165) is 19.5 Å². The van der Waals surface area contributed by atoms with Crippen LogP contribution < -0.4 is 5.32 Å². The van der Waals surface area contributed by atoms with Crippen LogP contribution in [0.1, 0.15) is 45.8 Å². The van der Waals surface area contributed by atoms with Crippen molar-refractivity contribution in [2.45, 2.75) is 45.1 Å². The van der Waals surface area contributed by atoms with Gasteiger partial charge in [-0.25, -0.2) is 0 Å². The molecule has 1 aromatic rings. The first-order valence-corrected chi connectivity index (χ1v) is 6.17. The molecule has 0 radical (unpaired) electrons. The Kier molecular flexibility index (Phi) is 3.23. The minimum Gasteiger partial charge on any atom is -0.368 e. The molecular weight excluding hydrogens is 218 g/mol.